The van der Waals surface area contributed by atoms with Crippen molar-refractivity contribution in [1.29, 1.82) is 0 Å². The van der Waals surface area contributed by atoms with Crippen molar-refractivity contribution in [3.05, 3.63) is 0 Å². The zero-order valence-corrected chi connectivity index (χ0v) is 11.7. The fourth-order valence-electron chi connectivity index (χ4n) is 2.37. The van der Waals surface area contributed by atoms with Crippen LogP contribution in [-0.2, 0) is 14.3 Å². The van der Waals surface area contributed by atoms with Gasteiger partial charge in [-0.3, -0.25) is 4.79 Å². The summed E-state index contributed by atoms with van der Waals surface area (Å²) < 4.78 is 10.2. The normalized spacial score (nSPS) is 21.9. The molecule has 1 fully saturated rings. The van der Waals surface area contributed by atoms with Gasteiger partial charge in [0.05, 0.1) is 6.04 Å². The van der Waals surface area contributed by atoms with Crippen molar-refractivity contribution in [2.45, 2.75) is 57.4 Å². The van der Waals surface area contributed by atoms with Crippen LogP contribution in [0.15, 0.2) is 0 Å². The number of piperidine rings is 1. The second-order valence-corrected chi connectivity index (χ2v) is 4.88. The molecule has 2 N–H and O–H groups in total. The Labute approximate surface area is 110 Å². The largest absolute Gasteiger partial charge is 0.354 e. The maximum Gasteiger partial charge on any atom is 0.220 e. The molecule has 18 heavy (non-hydrogen) atoms. The number of carbonyl (C=O) groups is 1. The summed E-state index contributed by atoms with van der Waals surface area (Å²) in [4.78, 5) is 11.8. The lowest BCUT2D eigenvalue weighted by Crippen LogP contribution is -2.43. The van der Waals surface area contributed by atoms with Gasteiger partial charge in [-0.15, -0.1) is 0 Å². The molecule has 0 aromatic heterocycles. The third kappa shape index (κ3) is 5.33. The topological polar surface area (TPSA) is 59.6 Å². The van der Waals surface area contributed by atoms with Gasteiger partial charge >= 0.3 is 0 Å². The molecule has 5 heteroatoms. The van der Waals surface area contributed by atoms with E-state index in [2.05, 4.69) is 10.6 Å². The fourth-order valence-corrected chi connectivity index (χ4v) is 2.37. The van der Waals surface area contributed by atoms with Gasteiger partial charge < -0.3 is 20.1 Å². The lowest BCUT2D eigenvalue weighted by atomic mass is 10.0. The van der Waals surface area contributed by atoms with Gasteiger partial charge in [-0.05, 0) is 32.7 Å². The van der Waals surface area contributed by atoms with Crippen molar-refractivity contribution >= 4 is 5.91 Å². The third-order valence-electron chi connectivity index (χ3n) is 3.39. The molecule has 0 aliphatic carbocycles. The van der Waals surface area contributed by atoms with Crippen LogP contribution in [0.3, 0.4) is 0 Å². The number of ether oxygens (including phenoxy) is 2. The Morgan fingerprint density at radius 2 is 2.11 bits per heavy atom. The predicted octanol–water partition coefficient (Wildman–Crippen LogP) is 1.03. The molecule has 0 aromatic carbocycles. The molecule has 1 saturated heterocycles. The number of rotatable bonds is 7. The minimum absolute atomic E-state index is 0.0639. The van der Waals surface area contributed by atoms with E-state index in [9.17, 15) is 4.79 Å². The van der Waals surface area contributed by atoms with E-state index in [1.807, 2.05) is 6.92 Å². The zero-order chi connectivity index (χ0) is 13.4. The number of carbonyl (C=O) groups excluding carboxylic acids is 1. The molecule has 1 aliphatic heterocycles. The molecular formula is C13H26N2O3. The van der Waals surface area contributed by atoms with E-state index in [0.717, 1.165) is 13.0 Å². The van der Waals surface area contributed by atoms with E-state index in [1.165, 1.54) is 19.3 Å². The smallest absolute Gasteiger partial charge is 0.220 e. The van der Waals surface area contributed by atoms with E-state index in [4.69, 9.17) is 9.47 Å². The molecule has 106 valence electrons. The van der Waals surface area contributed by atoms with E-state index in [-0.39, 0.29) is 18.2 Å². The standard InChI is InChI=1S/C13H26N2O3/c1-10(13(17-2)18-3)15-12(16)8-7-11-6-4-5-9-14-11/h10-11,13-14H,4-9H2,1-3H3,(H,15,16). The highest BCUT2D eigenvalue weighted by atomic mass is 16.7. The van der Waals surface area contributed by atoms with Gasteiger partial charge in [0.15, 0.2) is 6.29 Å². The van der Waals surface area contributed by atoms with Crippen LogP contribution in [0.25, 0.3) is 0 Å². The van der Waals surface area contributed by atoms with Crippen LogP contribution in [0, 0.1) is 0 Å². The highest BCUT2D eigenvalue weighted by Gasteiger charge is 2.19. The number of hydrogen-bond acceptors (Lipinski definition) is 4. The van der Waals surface area contributed by atoms with Crippen molar-refractivity contribution in [2.24, 2.45) is 0 Å². The SMILES string of the molecule is COC(OC)C(C)NC(=O)CCC1CCCCN1. The molecule has 1 heterocycles. The first kappa shape index (κ1) is 15.4. The van der Waals surface area contributed by atoms with Gasteiger partial charge in [-0.1, -0.05) is 6.42 Å². The highest BCUT2D eigenvalue weighted by molar-refractivity contribution is 5.76. The monoisotopic (exact) mass is 258 g/mol. The molecule has 1 amide bonds. The van der Waals surface area contributed by atoms with E-state index in [0.29, 0.717) is 12.5 Å². The Morgan fingerprint density at radius 1 is 1.39 bits per heavy atom. The first-order valence-corrected chi connectivity index (χ1v) is 6.75. The van der Waals surface area contributed by atoms with Crippen LogP contribution in [-0.4, -0.2) is 45.0 Å². The zero-order valence-electron chi connectivity index (χ0n) is 11.7. The Hall–Kier alpha value is -0.650. The first-order chi connectivity index (χ1) is 8.67. The average molecular weight is 258 g/mol. The minimum atomic E-state index is -0.387. The summed E-state index contributed by atoms with van der Waals surface area (Å²) in [6, 6.07) is 0.368. The fraction of sp³-hybridized carbons (Fsp3) is 0.923. The molecule has 0 saturated carbocycles. The van der Waals surface area contributed by atoms with Crippen molar-refractivity contribution in [2.75, 3.05) is 20.8 Å². The number of nitrogens with one attached hydrogen (secondary N) is 2. The summed E-state index contributed by atoms with van der Waals surface area (Å²) in [5, 5.41) is 6.35. The summed E-state index contributed by atoms with van der Waals surface area (Å²) >= 11 is 0. The molecule has 2 atom stereocenters. The van der Waals surface area contributed by atoms with Gasteiger partial charge in [-0.25, -0.2) is 0 Å². The van der Waals surface area contributed by atoms with Gasteiger partial charge in [0.25, 0.3) is 0 Å². The molecule has 1 rings (SSSR count). The third-order valence-corrected chi connectivity index (χ3v) is 3.39. The van der Waals surface area contributed by atoms with Crippen LogP contribution < -0.4 is 10.6 Å². The van der Waals surface area contributed by atoms with E-state index < -0.39 is 0 Å². The second-order valence-electron chi connectivity index (χ2n) is 4.88. The van der Waals surface area contributed by atoms with Crippen LogP contribution in [0.2, 0.25) is 0 Å². The van der Waals surface area contributed by atoms with Crippen LogP contribution in [0.4, 0.5) is 0 Å². The summed E-state index contributed by atoms with van der Waals surface area (Å²) in [5.74, 6) is 0.0639. The Morgan fingerprint density at radius 3 is 2.67 bits per heavy atom. The van der Waals surface area contributed by atoms with Crippen LogP contribution in [0.5, 0.6) is 0 Å². The maximum atomic E-state index is 11.8. The van der Waals surface area contributed by atoms with Crippen molar-refractivity contribution in [1.82, 2.24) is 10.6 Å². The minimum Gasteiger partial charge on any atom is -0.354 e. The summed E-state index contributed by atoms with van der Waals surface area (Å²) in [6.45, 7) is 2.96. The Kier molecular flexibility index (Phi) is 7.23. The lowest BCUT2D eigenvalue weighted by molar-refractivity contribution is -0.135. The number of hydrogen-bond donors (Lipinski definition) is 2. The molecule has 5 nitrogen and oxygen atoms in total. The summed E-state index contributed by atoms with van der Waals surface area (Å²) in [5.41, 5.74) is 0. The van der Waals surface area contributed by atoms with Crippen molar-refractivity contribution in [3.8, 4) is 0 Å². The van der Waals surface area contributed by atoms with E-state index >= 15 is 0 Å². The van der Waals surface area contributed by atoms with Gasteiger partial charge in [0.1, 0.15) is 0 Å². The quantitative estimate of drug-likeness (QED) is 0.670. The van der Waals surface area contributed by atoms with Crippen LogP contribution >= 0.6 is 0 Å². The summed E-state index contributed by atoms with van der Waals surface area (Å²) in [7, 11) is 3.14. The molecule has 0 spiro atoms. The molecule has 0 aromatic rings. The van der Waals surface area contributed by atoms with Gasteiger partial charge in [-0.2, -0.15) is 0 Å². The van der Waals surface area contributed by atoms with Crippen molar-refractivity contribution in [3.63, 3.8) is 0 Å². The number of methoxy groups -OCH3 is 2. The Bertz CT molecular complexity index is 238. The van der Waals surface area contributed by atoms with E-state index in [1.54, 1.807) is 14.2 Å². The molecule has 0 bridgehead atoms. The van der Waals surface area contributed by atoms with Crippen molar-refractivity contribution < 1.29 is 14.3 Å². The maximum absolute atomic E-state index is 11.8. The van der Waals surface area contributed by atoms with Gasteiger partial charge in [0, 0.05) is 26.7 Å². The summed E-state index contributed by atoms with van der Waals surface area (Å²) in [6.07, 6.45) is 4.78. The van der Waals surface area contributed by atoms with Gasteiger partial charge in [0.2, 0.25) is 5.91 Å². The second kappa shape index (κ2) is 8.45. The first-order valence-electron chi connectivity index (χ1n) is 6.75. The average Bonchev–Trinajstić information content (AvgIpc) is 2.39. The highest BCUT2D eigenvalue weighted by Crippen LogP contribution is 2.11. The molecule has 0 radical (unpaired) electrons. The predicted molar refractivity (Wildman–Crippen MR) is 70.3 cm³/mol. The molecule has 1 aliphatic rings. The number of amides is 1. The lowest BCUT2D eigenvalue weighted by Gasteiger charge is -2.24. The van der Waals surface area contributed by atoms with Crippen LogP contribution in [0.1, 0.15) is 39.0 Å². The molecular weight excluding hydrogens is 232 g/mol. The molecule has 2 unspecified atom stereocenters. The Balaban J connectivity index is 2.19.